The third-order valence-electron chi connectivity index (χ3n) is 2.72. The predicted molar refractivity (Wildman–Crippen MR) is 58.0 cm³/mol. The molecule has 0 aromatic rings. The molecule has 13 heavy (non-hydrogen) atoms. The second-order valence-electron chi connectivity index (χ2n) is 4.66. The molecule has 1 fully saturated rings. The van der Waals surface area contributed by atoms with Crippen molar-refractivity contribution >= 4 is 0 Å². The molecule has 1 aliphatic heterocycles. The fraction of sp³-hybridized carbons (Fsp3) is 1.00. The molecular formula is C11H24N2. The van der Waals surface area contributed by atoms with Crippen LogP contribution >= 0.6 is 0 Å². The molecule has 1 saturated heterocycles. The molecule has 0 amide bonds. The van der Waals surface area contributed by atoms with Crippen LogP contribution in [0, 0.1) is 5.92 Å². The molecule has 1 N–H and O–H groups in total. The number of nitrogens with zero attached hydrogens (tertiary/aromatic N) is 1. The Morgan fingerprint density at radius 1 is 1.46 bits per heavy atom. The molecule has 1 aliphatic rings. The normalized spacial score (nSPS) is 25.4. The highest BCUT2D eigenvalue weighted by atomic mass is 15.1. The first-order chi connectivity index (χ1) is 6.18. The minimum absolute atomic E-state index is 0.627. The highest BCUT2D eigenvalue weighted by Crippen LogP contribution is 2.14. The summed E-state index contributed by atoms with van der Waals surface area (Å²) in [5.41, 5.74) is 0. The van der Waals surface area contributed by atoms with Crippen molar-refractivity contribution in [3.05, 3.63) is 0 Å². The van der Waals surface area contributed by atoms with Gasteiger partial charge < -0.3 is 10.2 Å². The molecule has 1 unspecified atom stereocenters. The molecule has 0 bridgehead atoms. The molecule has 1 heterocycles. The average Bonchev–Trinajstić information content (AvgIpc) is 2.03. The maximum absolute atomic E-state index is 3.47. The zero-order valence-corrected chi connectivity index (χ0v) is 9.34. The molecular weight excluding hydrogens is 160 g/mol. The molecule has 0 aromatic carbocycles. The fourth-order valence-electron chi connectivity index (χ4n) is 2.00. The summed E-state index contributed by atoms with van der Waals surface area (Å²) < 4.78 is 0. The lowest BCUT2D eigenvalue weighted by Gasteiger charge is -2.31. The number of likely N-dealkylation sites (tertiary alicyclic amines) is 1. The van der Waals surface area contributed by atoms with E-state index in [0.29, 0.717) is 6.04 Å². The molecule has 1 rings (SSSR count). The van der Waals surface area contributed by atoms with Gasteiger partial charge in [-0.05, 0) is 25.3 Å². The van der Waals surface area contributed by atoms with Gasteiger partial charge in [-0.1, -0.05) is 20.8 Å². The van der Waals surface area contributed by atoms with Crippen molar-refractivity contribution in [2.45, 2.75) is 39.7 Å². The van der Waals surface area contributed by atoms with Gasteiger partial charge in [0.05, 0.1) is 0 Å². The Bertz CT molecular complexity index is 134. The molecule has 78 valence electrons. The smallest absolute Gasteiger partial charge is 0.0107 e. The largest absolute Gasteiger partial charge is 0.313 e. The first kappa shape index (κ1) is 11.0. The Labute approximate surface area is 82.7 Å². The molecule has 0 aromatic heterocycles. The third-order valence-corrected chi connectivity index (χ3v) is 2.72. The van der Waals surface area contributed by atoms with Crippen molar-refractivity contribution in [2.24, 2.45) is 5.92 Å². The van der Waals surface area contributed by atoms with E-state index in [1.54, 1.807) is 0 Å². The second kappa shape index (κ2) is 5.61. The number of hydrogen-bond acceptors (Lipinski definition) is 2. The van der Waals surface area contributed by atoms with Gasteiger partial charge in [0.25, 0.3) is 0 Å². The highest BCUT2D eigenvalue weighted by Gasteiger charge is 2.15. The Balaban J connectivity index is 2.06. The van der Waals surface area contributed by atoms with E-state index in [4.69, 9.17) is 0 Å². The van der Waals surface area contributed by atoms with Crippen molar-refractivity contribution in [3.8, 4) is 0 Å². The quantitative estimate of drug-likeness (QED) is 0.715. The number of hydrogen-bond donors (Lipinski definition) is 1. The third kappa shape index (κ3) is 4.63. The zero-order valence-electron chi connectivity index (χ0n) is 9.34. The van der Waals surface area contributed by atoms with E-state index in [1.807, 2.05) is 0 Å². The van der Waals surface area contributed by atoms with E-state index < -0.39 is 0 Å². The van der Waals surface area contributed by atoms with Crippen LogP contribution in [0.15, 0.2) is 0 Å². The Kier molecular flexibility index (Phi) is 4.74. The molecule has 0 radical (unpaired) electrons. The van der Waals surface area contributed by atoms with Crippen molar-refractivity contribution in [1.82, 2.24) is 10.2 Å². The van der Waals surface area contributed by atoms with E-state index in [-0.39, 0.29) is 0 Å². The summed E-state index contributed by atoms with van der Waals surface area (Å²) >= 11 is 0. The topological polar surface area (TPSA) is 15.3 Å². The van der Waals surface area contributed by atoms with Gasteiger partial charge in [-0.3, -0.25) is 0 Å². The van der Waals surface area contributed by atoms with Gasteiger partial charge in [0, 0.05) is 25.7 Å². The fourth-order valence-corrected chi connectivity index (χ4v) is 2.00. The summed E-state index contributed by atoms with van der Waals surface area (Å²) in [6.45, 7) is 11.8. The maximum atomic E-state index is 3.47. The van der Waals surface area contributed by atoms with E-state index in [9.17, 15) is 0 Å². The second-order valence-corrected chi connectivity index (χ2v) is 4.66. The highest BCUT2D eigenvalue weighted by molar-refractivity contribution is 4.70. The number of nitrogens with one attached hydrogen (secondary N) is 1. The summed E-state index contributed by atoms with van der Waals surface area (Å²) in [4.78, 5) is 2.59. The minimum atomic E-state index is 0.627. The summed E-state index contributed by atoms with van der Waals surface area (Å²) in [6, 6.07) is 0.627. The summed E-state index contributed by atoms with van der Waals surface area (Å²) in [7, 11) is 0. The monoisotopic (exact) mass is 184 g/mol. The lowest BCUT2D eigenvalue weighted by atomic mass is 10.0. The predicted octanol–water partition coefficient (Wildman–Crippen LogP) is 1.72. The van der Waals surface area contributed by atoms with Gasteiger partial charge in [0.1, 0.15) is 0 Å². The molecule has 2 heteroatoms. The maximum Gasteiger partial charge on any atom is 0.0107 e. The van der Waals surface area contributed by atoms with Crippen LogP contribution in [-0.4, -0.2) is 37.1 Å². The van der Waals surface area contributed by atoms with Crippen LogP contribution < -0.4 is 5.32 Å². The van der Waals surface area contributed by atoms with E-state index >= 15 is 0 Å². The molecule has 1 atom stereocenters. The summed E-state index contributed by atoms with van der Waals surface area (Å²) in [5, 5.41) is 3.47. The van der Waals surface area contributed by atoms with E-state index in [0.717, 1.165) is 12.5 Å². The Hall–Kier alpha value is -0.0800. The van der Waals surface area contributed by atoms with Crippen LogP contribution in [0.5, 0.6) is 0 Å². The van der Waals surface area contributed by atoms with Gasteiger partial charge in [-0.25, -0.2) is 0 Å². The number of rotatable bonds is 4. The molecule has 0 spiro atoms. The van der Waals surface area contributed by atoms with Crippen molar-refractivity contribution in [3.63, 3.8) is 0 Å². The Morgan fingerprint density at radius 3 is 2.85 bits per heavy atom. The summed E-state index contributed by atoms with van der Waals surface area (Å²) in [6.07, 6.45) is 2.82. The lowest BCUT2D eigenvalue weighted by Crippen LogP contribution is -2.40. The molecule has 2 nitrogen and oxygen atoms in total. The lowest BCUT2D eigenvalue weighted by molar-refractivity contribution is 0.183. The average molecular weight is 184 g/mol. The summed E-state index contributed by atoms with van der Waals surface area (Å²) in [5.74, 6) is 0.910. The van der Waals surface area contributed by atoms with Gasteiger partial charge in [-0.2, -0.15) is 0 Å². The number of piperidine rings is 1. The van der Waals surface area contributed by atoms with E-state index in [2.05, 4.69) is 31.0 Å². The standard InChI is InChI=1S/C11H24N2/c1-10(2)12-6-8-13-7-4-5-11(3)9-13/h10-12H,4-9H2,1-3H3. The zero-order chi connectivity index (χ0) is 9.68. The minimum Gasteiger partial charge on any atom is -0.313 e. The molecule has 0 aliphatic carbocycles. The van der Waals surface area contributed by atoms with Crippen molar-refractivity contribution < 1.29 is 0 Å². The van der Waals surface area contributed by atoms with Crippen LogP contribution in [0.2, 0.25) is 0 Å². The van der Waals surface area contributed by atoms with Crippen molar-refractivity contribution in [2.75, 3.05) is 26.2 Å². The van der Waals surface area contributed by atoms with Crippen LogP contribution in [-0.2, 0) is 0 Å². The van der Waals surface area contributed by atoms with E-state index in [1.165, 1.54) is 32.5 Å². The van der Waals surface area contributed by atoms with Crippen LogP contribution in [0.1, 0.15) is 33.6 Å². The van der Waals surface area contributed by atoms with Gasteiger partial charge >= 0.3 is 0 Å². The van der Waals surface area contributed by atoms with Crippen LogP contribution in [0.3, 0.4) is 0 Å². The Morgan fingerprint density at radius 2 is 2.23 bits per heavy atom. The first-order valence-electron chi connectivity index (χ1n) is 5.64. The molecule has 0 saturated carbocycles. The SMILES string of the molecule is CC1CCCN(CCNC(C)C)C1. The van der Waals surface area contributed by atoms with Crippen molar-refractivity contribution in [1.29, 1.82) is 0 Å². The van der Waals surface area contributed by atoms with Crippen LogP contribution in [0.4, 0.5) is 0 Å². The van der Waals surface area contributed by atoms with Gasteiger partial charge in [-0.15, -0.1) is 0 Å². The van der Waals surface area contributed by atoms with Gasteiger partial charge in [0.15, 0.2) is 0 Å². The first-order valence-corrected chi connectivity index (χ1v) is 5.64. The van der Waals surface area contributed by atoms with Crippen LogP contribution in [0.25, 0.3) is 0 Å². The van der Waals surface area contributed by atoms with Gasteiger partial charge in [0.2, 0.25) is 0 Å².